The van der Waals surface area contributed by atoms with Gasteiger partial charge in [-0.25, -0.2) is 9.78 Å². The summed E-state index contributed by atoms with van der Waals surface area (Å²) in [5.74, 6) is -0.462. The van der Waals surface area contributed by atoms with Crippen LogP contribution in [-0.2, 0) is 0 Å². The third-order valence-corrected chi connectivity index (χ3v) is 3.20. The third kappa shape index (κ3) is 3.49. The number of carboxylic acids is 1. The molecule has 5 nitrogen and oxygen atoms in total. The lowest BCUT2D eigenvalue weighted by Crippen LogP contribution is -2.39. The van der Waals surface area contributed by atoms with Crippen LogP contribution >= 0.6 is 0 Å². The molecule has 0 aliphatic rings. The number of hydrogen-bond donors (Lipinski definition) is 2. The Bertz CT molecular complexity index is 662. The van der Waals surface area contributed by atoms with E-state index in [1.165, 1.54) is 0 Å². The summed E-state index contributed by atoms with van der Waals surface area (Å²) < 4.78 is 0. The van der Waals surface area contributed by atoms with Crippen LogP contribution in [0.2, 0.25) is 0 Å². The van der Waals surface area contributed by atoms with Crippen LogP contribution in [0.25, 0.3) is 10.8 Å². The topological polar surface area (TPSA) is 73.7 Å². The molecule has 0 spiro atoms. The minimum absolute atomic E-state index is 0.0119. The maximum Gasteiger partial charge on any atom is 0.354 e. The van der Waals surface area contributed by atoms with Gasteiger partial charge in [0.05, 0.1) is 5.60 Å². The molecule has 2 N–H and O–H groups in total. The van der Waals surface area contributed by atoms with Crippen molar-refractivity contribution in [2.24, 2.45) is 0 Å². The number of fused-ring (bicyclic) bond motifs is 1. The molecule has 0 saturated heterocycles. The Kier molecular flexibility index (Phi) is 4.14. The van der Waals surface area contributed by atoms with Crippen LogP contribution < -0.4 is 4.90 Å². The highest BCUT2D eigenvalue weighted by Crippen LogP contribution is 2.27. The van der Waals surface area contributed by atoms with Crippen molar-refractivity contribution in [3.8, 4) is 0 Å². The molecule has 0 atom stereocenters. The molecule has 21 heavy (non-hydrogen) atoms. The van der Waals surface area contributed by atoms with Crippen LogP contribution in [-0.4, -0.2) is 39.9 Å². The lowest BCUT2D eigenvalue weighted by atomic mass is 10.1. The molecule has 1 heterocycles. The molecule has 0 aliphatic carbocycles. The summed E-state index contributed by atoms with van der Waals surface area (Å²) >= 11 is 0. The second kappa shape index (κ2) is 5.69. The Morgan fingerprint density at radius 1 is 1.33 bits per heavy atom. The van der Waals surface area contributed by atoms with Crippen LogP contribution in [0.3, 0.4) is 0 Å². The fraction of sp³-hybridized carbons (Fsp3) is 0.375. The van der Waals surface area contributed by atoms with Gasteiger partial charge in [0.25, 0.3) is 0 Å². The lowest BCUT2D eigenvalue weighted by Gasteiger charge is -2.30. The second-order valence-electron chi connectivity index (χ2n) is 5.68. The van der Waals surface area contributed by atoms with E-state index in [1.807, 2.05) is 36.1 Å². The first-order valence-electron chi connectivity index (χ1n) is 6.92. The summed E-state index contributed by atoms with van der Waals surface area (Å²) in [6.07, 6.45) is 0. The first-order valence-corrected chi connectivity index (χ1v) is 6.92. The zero-order chi connectivity index (χ0) is 15.6. The molecule has 0 saturated carbocycles. The van der Waals surface area contributed by atoms with Gasteiger partial charge in [-0.1, -0.05) is 24.3 Å². The van der Waals surface area contributed by atoms with E-state index in [-0.39, 0.29) is 5.69 Å². The van der Waals surface area contributed by atoms with Gasteiger partial charge in [0.15, 0.2) is 5.69 Å². The van der Waals surface area contributed by atoms with Crippen LogP contribution in [0.15, 0.2) is 30.3 Å². The number of carbonyl (C=O) groups is 1. The highest BCUT2D eigenvalue weighted by Gasteiger charge is 2.21. The maximum absolute atomic E-state index is 11.3. The van der Waals surface area contributed by atoms with Crippen LogP contribution in [0, 0.1) is 0 Å². The second-order valence-corrected chi connectivity index (χ2v) is 5.68. The number of pyridine rings is 1. The smallest absolute Gasteiger partial charge is 0.354 e. The fourth-order valence-electron chi connectivity index (χ4n) is 2.33. The average molecular weight is 288 g/mol. The molecule has 0 aliphatic heterocycles. The van der Waals surface area contributed by atoms with Crippen molar-refractivity contribution < 1.29 is 15.0 Å². The van der Waals surface area contributed by atoms with E-state index in [1.54, 1.807) is 19.9 Å². The highest BCUT2D eigenvalue weighted by molar-refractivity contribution is 5.98. The van der Waals surface area contributed by atoms with Crippen LogP contribution in [0.4, 0.5) is 5.82 Å². The summed E-state index contributed by atoms with van der Waals surface area (Å²) in [5, 5.41) is 21.0. The summed E-state index contributed by atoms with van der Waals surface area (Å²) in [6, 6.07) is 9.11. The van der Waals surface area contributed by atoms with Crippen molar-refractivity contribution >= 4 is 22.6 Å². The number of aliphatic hydroxyl groups is 1. The van der Waals surface area contributed by atoms with Gasteiger partial charge in [-0.15, -0.1) is 0 Å². The number of aromatic carboxylic acids is 1. The minimum Gasteiger partial charge on any atom is -0.477 e. The molecule has 2 aromatic rings. The number of rotatable bonds is 5. The standard InChI is InChI=1S/C16H20N2O3/c1-4-18(10-16(2,3)21)14-12-8-6-5-7-11(12)9-13(17-14)15(19)20/h5-9,21H,4,10H2,1-3H3,(H,19,20). The summed E-state index contributed by atoms with van der Waals surface area (Å²) in [5.41, 5.74) is -0.879. The lowest BCUT2D eigenvalue weighted by molar-refractivity contribution is 0.0691. The molecule has 0 radical (unpaired) electrons. The molecule has 1 aromatic carbocycles. The van der Waals surface area contributed by atoms with Crippen molar-refractivity contribution in [1.29, 1.82) is 0 Å². The van der Waals surface area contributed by atoms with E-state index in [2.05, 4.69) is 4.98 Å². The Labute approximate surface area is 123 Å². The van der Waals surface area contributed by atoms with E-state index in [4.69, 9.17) is 0 Å². The zero-order valence-electron chi connectivity index (χ0n) is 12.5. The molecule has 0 fully saturated rings. The fourth-order valence-corrected chi connectivity index (χ4v) is 2.33. The summed E-state index contributed by atoms with van der Waals surface area (Å²) in [4.78, 5) is 17.4. The minimum atomic E-state index is -1.05. The number of benzene rings is 1. The number of nitrogens with zero attached hydrogens (tertiary/aromatic N) is 2. The van der Waals surface area contributed by atoms with Crippen molar-refractivity contribution in [3.05, 3.63) is 36.0 Å². The molecule has 5 heteroatoms. The first kappa shape index (κ1) is 15.3. The monoisotopic (exact) mass is 288 g/mol. The van der Waals surface area contributed by atoms with Gasteiger partial charge in [0.2, 0.25) is 0 Å². The molecule has 0 amide bonds. The van der Waals surface area contributed by atoms with E-state index in [0.717, 1.165) is 10.8 Å². The molecule has 1 aromatic heterocycles. The van der Waals surface area contributed by atoms with Gasteiger partial charge in [0.1, 0.15) is 5.82 Å². The average Bonchev–Trinajstić information content (AvgIpc) is 2.42. The van der Waals surface area contributed by atoms with Gasteiger partial charge in [-0.3, -0.25) is 0 Å². The van der Waals surface area contributed by atoms with E-state index in [9.17, 15) is 15.0 Å². The highest BCUT2D eigenvalue weighted by atomic mass is 16.4. The van der Waals surface area contributed by atoms with Crippen molar-refractivity contribution in [1.82, 2.24) is 4.98 Å². The van der Waals surface area contributed by atoms with E-state index < -0.39 is 11.6 Å². The number of aromatic nitrogens is 1. The predicted octanol–water partition coefficient (Wildman–Crippen LogP) is 2.53. The molecular formula is C16H20N2O3. The number of likely N-dealkylation sites (N-methyl/N-ethyl adjacent to an activating group) is 1. The number of anilines is 1. The van der Waals surface area contributed by atoms with Crippen molar-refractivity contribution in [2.45, 2.75) is 26.4 Å². The van der Waals surface area contributed by atoms with Crippen molar-refractivity contribution in [2.75, 3.05) is 18.0 Å². The predicted molar refractivity (Wildman–Crippen MR) is 82.9 cm³/mol. The van der Waals surface area contributed by atoms with E-state index in [0.29, 0.717) is 18.9 Å². The van der Waals surface area contributed by atoms with Gasteiger partial charge in [-0.05, 0) is 32.2 Å². The SMILES string of the molecule is CCN(CC(C)(C)O)c1nc(C(=O)O)cc2ccccc12. The Hall–Kier alpha value is -2.14. The zero-order valence-corrected chi connectivity index (χ0v) is 12.5. The molecule has 0 bridgehead atoms. The largest absolute Gasteiger partial charge is 0.477 e. The van der Waals surface area contributed by atoms with Gasteiger partial charge < -0.3 is 15.1 Å². The molecular weight excluding hydrogens is 268 g/mol. The van der Waals surface area contributed by atoms with Crippen LogP contribution in [0.5, 0.6) is 0 Å². The van der Waals surface area contributed by atoms with Gasteiger partial charge in [0, 0.05) is 18.5 Å². The third-order valence-electron chi connectivity index (χ3n) is 3.20. The number of carboxylic acid groups (broad SMARTS) is 1. The Balaban J connectivity index is 2.61. The number of hydrogen-bond acceptors (Lipinski definition) is 4. The normalized spacial score (nSPS) is 11.6. The van der Waals surface area contributed by atoms with Crippen LogP contribution in [0.1, 0.15) is 31.3 Å². The van der Waals surface area contributed by atoms with Gasteiger partial charge >= 0.3 is 5.97 Å². The molecule has 112 valence electrons. The Morgan fingerprint density at radius 3 is 2.57 bits per heavy atom. The van der Waals surface area contributed by atoms with Gasteiger partial charge in [-0.2, -0.15) is 0 Å². The van der Waals surface area contributed by atoms with E-state index >= 15 is 0 Å². The maximum atomic E-state index is 11.3. The first-order chi connectivity index (χ1) is 9.81. The van der Waals surface area contributed by atoms with Crippen molar-refractivity contribution in [3.63, 3.8) is 0 Å². The summed E-state index contributed by atoms with van der Waals surface area (Å²) in [7, 11) is 0. The molecule has 0 unspecified atom stereocenters. The summed E-state index contributed by atoms with van der Waals surface area (Å²) in [6.45, 7) is 6.40. The molecule has 2 rings (SSSR count). The Morgan fingerprint density at radius 2 is 2.00 bits per heavy atom. The quantitative estimate of drug-likeness (QED) is 0.884.